The van der Waals surface area contributed by atoms with E-state index in [2.05, 4.69) is 38.1 Å². The summed E-state index contributed by atoms with van der Waals surface area (Å²) < 4.78 is 24.0. The van der Waals surface area contributed by atoms with Gasteiger partial charge in [0.15, 0.2) is 0 Å². The zero-order valence-corrected chi connectivity index (χ0v) is 45.5. The van der Waals surface area contributed by atoms with Gasteiger partial charge in [-0.25, -0.2) is 0 Å². The smallest absolute Gasteiger partial charge is 0.550 e. The van der Waals surface area contributed by atoms with Crippen LogP contribution in [0.2, 0.25) is 0 Å². The Balaban J connectivity index is 0.00000124. The Labute approximate surface area is 434 Å². The van der Waals surface area contributed by atoms with Gasteiger partial charge in [0, 0.05) is 25.8 Å². The Morgan fingerprint density at radius 2 is 0.692 bits per heavy atom. The second-order valence-electron chi connectivity index (χ2n) is 17.4. The number of esters is 2. The molecule has 4 unspecified atom stereocenters. The molecule has 10 nitrogen and oxygen atoms in total. The molecule has 0 fully saturated rings. The minimum atomic E-state index is -0.967. The first-order valence-electron chi connectivity index (χ1n) is 25.1. The van der Waals surface area contributed by atoms with Gasteiger partial charge in [-0.3, -0.25) is 9.59 Å². The van der Waals surface area contributed by atoms with Gasteiger partial charge in [0.2, 0.25) is 0 Å². The van der Waals surface area contributed by atoms with Crippen LogP contribution < -0.4 is 10.2 Å². The third-order valence-electron chi connectivity index (χ3n) is 11.5. The monoisotopic (exact) mass is 1030 g/mol. The molecule has 2 aromatic rings. The zero-order valence-electron chi connectivity index (χ0n) is 41.1. The summed E-state index contributed by atoms with van der Waals surface area (Å²) in [5, 5.41) is 20.9. The second kappa shape index (κ2) is 44.3. The standard InChI is InChI=1S/2C27H44O5.Ba/c2*1-3-4-5-8-14-19-25(31-22-24-17-12-11-13-18-24)26(32-23(2)28)20-15-9-6-7-10-16-21-27(29)30;/h2*11-13,17-18,25-26H,3-10,14-16,19-22H2,1-2H3,(H,29,30);/q;;+2/p-2. The van der Waals surface area contributed by atoms with Crippen LogP contribution in [0.5, 0.6) is 0 Å². The number of unbranched alkanes of at least 4 members (excludes halogenated alkanes) is 18. The van der Waals surface area contributed by atoms with Gasteiger partial charge >= 0.3 is 60.8 Å². The number of benzene rings is 2. The molecule has 0 saturated carbocycles. The molecule has 0 spiro atoms. The van der Waals surface area contributed by atoms with Gasteiger partial charge in [-0.1, -0.05) is 190 Å². The summed E-state index contributed by atoms with van der Waals surface area (Å²) in [4.78, 5) is 44.5. The Kier molecular flexibility index (Phi) is 42.8. The van der Waals surface area contributed by atoms with E-state index in [4.69, 9.17) is 18.9 Å². The summed E-state index contributed by atoms with van der Waals surface area (Å²) in [6.07, 6.45) is 26.4. The van der Waals surface area contributed by atoms with Crippen LogP contribution >= 0.6 is 0 Å². The number of hydrogen-bond donors (Lipinski definition) is 0. The summed E-state index contributed by atoms with van der Waals surface area (Å²) in [5.41, 5.74) is 2.25. The van der Waals surface area contributed by atoms with Gasteiger partial charge in [0.1, 0.15) is 12.2 Å². The molecule has 4 atom stereocenters. The Bertz CT molecular complexity index is 1320. The predicted molar refractivity (Wildman–Crippen MR) is 258 cm³/mol. The summed E-state index contributed by atoms with van der Waals surface area (Å²) in [6, 6.07) is 20.2. The van der Waals surface area contributed by atoms with Crippen molar-refractivity contribution >= 4 is 72.8 Å². The normalized spacial score (nSPS) is 12.7. The molecule has 0 heterocycles. The molecule has 0 amide bonds. The van der Waals surface area contributed by atoms with E-state index in [0.717, 1.165) is 114 Å². The number of ether oxygens (including phenoxy) is 4. The number of rotatable bonds is 40. The molecule has 2 rings (SSSR count). The number of carbonyl (C=O) groups is 4. The first-order valence-corrected chi connectivity index (χ1v) is 25.1. The van der Waals surface area contributed by atoms with Gasteiger partial charge in [0.25, 0.3) is 0 Å². The van der Waals surface area contributed by atoms with Crippen LogP contribution in [0.15, 0.2) is 60.7 Å². The van der Waals surface area contributed by atoms with Crippen molar-refractivity contribution in [3.8, 4) is 0 Å². The van der Waals surface area contributed by atoms with Gasteiger partial charge in [0.05, 0.1) is 25.4 Å². The van der Waals surface area contributed by atoms with Crippen molar-refractivity contribution in [1.29, 1.82) is 0 Å². The maximum atomic E-state index is 11.8. The molecular formula is C54H86BaO10. The van der Waals surface area contributed by atoms with Crippen molar-refractivity contribution in [2.45, 2.75) is 245 Å². The molecule has 0 saturated heterocycles. The van der Waals surface area contributed by atoms with E-state index in [9.17, 15) is 29.4 Å². The van der Waals surface area contributed by atoms with Crippen molar-refractivity contribution in [3.05, 3.63) is 71.8 Å². The minimum Gasteiger partial charge on any atom is -0.550 e. The minimum absolute atomic E-state index is 0. The summed E-state index contributed by atoms with van der Waals surface area (Å²) >= 11 is 0. The molecule has 364 valence electrons. The van der Waals surface area contributed by atoms with Gasteiger partial charge in [-0.15, -0.1) is 0 Å². The van der Waals surface area contributed by atoms with Gasteiger partial charge in [-0.05, 0) is 75.3 Å². The van der Waals surface area contributed by atoms with Crippen LogP contribution in [0, 0.1) is 0 Å². The van der Waals surface area contributed by atoms with Crippen LogP contribution in [-0.2, 0) is 51.3 Å². The SMILES string of the molecule is CCCCCCCC(OCc1ccccc1)C(CCCCCCCCC(=O)[O-])OC(C)=O.CCCCCCCC(OCc1ccccc1)C(CCCCCCCCC(=O)[O-])OC(C)=O.[Ba+2]. The zero-order chi connectivity index (χ0) is 46.9. The maximum absolute atomic E-state index is 11.8. The van der Waals surface area contributed by atoms with Crippen molar-refractivity contribution in [2.75, 3.05) is 0 Å². The van der Waals surface area contributed by atoms with Gasteiger partial charge in [-0.2, -0.15) is 0 Å². The fraction of sp³-hybridized carbons (Fsp3) is 0.704. The van der Waals surface area contributed by atoms with Gasteiger partial charge < -0.3 is 38.7 Å². The molecule has 0 aliphatic heterocycles. The molecule has 0 aromatic heterocycles. The Hall–Kier alpha value is -2.19. The van der Waals surface area contributed by atoms with Crippen LogP contribution in [-0.4, -0.2) is 97.2 Å². The number of hydrogen-bond acceptors (Lipinski definition) is 10. The van der Waals surface area contributed by atoms with Crippen molar-refractivity contribution in [1.82, 2.24) is 0 Å². The molecule has 0 aliphatic rings. The molecular weight excluding hydrogens is 946 g/mol. The molecule has 11 heteroatoms. The molecule has 2 aromatic carbocycles. The third-order valence-corrected chi connectivity index (χ3v) is 11.5. The molecule has 0 N–H and O–H groups in total. The predicted octanol–water partition coefficient (Wildman–Crippen LogP) is 11.1. The number of aliphatic carboxylic acids is 2. The van der Waals surface area contributed by atoms with E-state index in [1.165, 1.54) is 65.2 Å². The van der Waals surface area contributed by atoms with Crippen LogP contribution in [0.25, 0.3) is 0 Å². The first kappa shape index (κ1) is 62.8. The van der Waals surface area contributed by atoms with E-state index in [1.807, 2.05) is 36.4 Å². The number of carboxylic acid groups (broad SMARTS) is 2. The van der Waals surface area contributed by atoms with E-state index in [0.29, 0.717) is 26.1 Å². The number of carbonyl (C=O) groups excluding carboxylic acids is 4. The maximum Gasteiger partial charge on any atom is 2.00 e. The van der Waals surface area contributed by atoms with Crippen molar-refractivity contribution < 1.29 is 48.3 Å². The molecule has 0 radical (unpaired) electrons. The van der Waals surface area contributed by atoms with Crippen LogP contribution in [0.4, 0.5) is 0 Å². The van der Waals surface area contributed by atoms with E-state index in [1.54, 1.807) is 0 Å². The van der Waals surface area contributed by atoms with Crippen molar-refractivity contribution in [3.63, 3.8) is 0 Å². The van der Waals surface area contributed by atoms with Crippen molar-refractivity contribution in [2.24, 2.45) is 0 Å². The van der Waals surface area contributed by atoms with Crippen LogP contribution in [0.1, 0.15) is 219 Å². The second-order valence-corrected chi connectivity index (χ2v) is 17.4. The Morgan fingerprint density at radius 1 is 0.415 bits per heavy atom. The fourth-order valence-electron chi connectivity index (χ4n) is 7.92. The van der Waals surface area contributed by atoms with E-state index < -0.39 is 11.9 Å². The number of carboxylic acids is 2. The fourth-order valence-corrected chi connectivity index (χ4v) is 7.92. The van der Waals surface area contributed by atoms with Crippen LogP contribution in [0.3, 0.4) is 0 Å². The molecule has 65 heavy (non-hydrogen) atoms. The largest absolute Gasteiger partial charge is 2.00 e. The average molecular weight is 1030 g/mol. The first-order chi connectivity index (χ1) is 31.0. The Morgan fingerprint density at radius 3 is 0.985 bits per heavy atom. The quantitative estimate of drug-likeness (QED) is 0.0358. The third kappa shape index (κ3) is 38.5. The topological polar surface area (TPSA) is 151 Å². The van der Waals surface area contributed by atoms with E-state index in [-0.39, 0.29) is 98.1 Å². The van der Waals surface area contributed by atoms with E-state index >= 15 is 0 Å². The summed E-state index contributed by atoms with van der Waals surface area (Å²) in [5.74, 6) is -2.44. The average Bonchev–Trinajstić information content (AvgIpc) is 3.27. The molecule has 0 aliphatic carbocycles. The summed E-state index contributed by atoms with van der Waals surface area (Å²) in [6.45, 7) is 8.42. The summed E-state index contributed by atoms with van der Waals surface area (Å²) in [7, 11) is 0. The molecule has 0 bridgehead atoms.